The summed E-state index contributed by atoms with van der Waals surface area (Å²) in [5, 5.41) is 2.75. The van der Waals surface area contributed by atoms with Crippen molar-refractivity contribution in [1.82, 2.24) is 9.62 Å². The summed E-state index contributed by atoms with van der Waals surface area (Å²) in [5.74, 6) is 1.67. The SMILES string of the molecule is CCSc1ccccc1C(=O)NCCS(=O)(=O)N1CCc2cc(OC)c(OC)cc2C1. The monoisotopic (exact) mass is 464 g/mol. The number of sulfonamides is 1. The van der Waals surface area contributed by atoms with E-state index in [9.17, 15) is 13.2 Å². The second-order valence-corrected chi connectivity index (χ2v) is 10.5. The van der Waals surface area contributed by atoms with Crippen LogP contribution in [0, 0.1) is 0 Å². The third kappa shape index (κ3) is 5.53. The van der Waals surface area contributed by atoms with Crippen molar-refractivity contribution in [3.05, 3.63) is 53.1 Å². The van der Waals surface area contributed by atoms with E-state index in [4.69, 9.17) is 9.47 Å². The standard InChI is InChI=1S/C22H28N2O5S2/c1-4-30-21-8-6-5-7-18(21)22(25)23-10-12-31(26,27)24-11-9-16-13-19(28-2)20(29-3)14-17(16)15-24/h5-8,13-14H,4,9-12,15H2,1-3H3,(H,23,25). The molecule has 2 aromatic carbocycles. The van der Waals surface area contributed by atoms with Crippen LogP contribution >= 0.6 is 11.8 Å². The van der Waals surface area contributed by atoms with Gasteiger partial charge in [0.2, 0.25) is 10.0 Å². The number of nitrogens with one attached hydrogen (secondary N) is 1. The molecule has 0 bridgehead atoms. The molecule has 9 heteroatoms. The Balaban J connectivity index is 1.63. The Labute approximate surface area is 188 Å². The van der Waals surface area contributed by atoms with E-state index in [1.807, 2.05) is 31.2 Å². The summed E-state index contributed by atoms with van der Waals surface area (Å²) in [7, 11) is -0.380. The van der Waals surface area contributed by atoms with Crippen LogP contribution in [0.1, 0.15) is 28.4 Å². The Hall–Kier alpha value is -2.23. The fourth-order valence-electron chi connectivity index (χ4n) is 3.55. The summed E-state index contributed by atoms with van der Waals surface area (Å²) < 4.78 is 37.9. The summed E-state index contributed by atoms with van der Waals surface area (Å²) >= 11 is 1.58. The fourth-order valence-corrected chi connectivity index (χ4v) is 5.67. The van der Waals surface area contributed by atoms with Crippen LogP contribution in [0.5, 0.6) is 11.5 Å². The zero-order valence-electron chi connectivity index (χ0n) is 18.0. The first-order chi connectivity index (χ1) is 14.9. The minimum absolute atomic E-state index is 0.0571. The first-order valence-electron chi connectivity index (χ1n) is 10.1. The molecule has 0 aliphatic carbocycles. The molecule has 0 spiro atoms. The van der Waals surface area contributed by atoms with Crippen molar-refractivity contribution in [2.45, 2.75) is 24.8 Å². The maximum atomic E-state index is 12.9. The normalized spacial score (nSPS) is 14.0. The Morgan fingerprint density at radius 1 is 1.13 bits per heavy atom. The van der Waals surface area contributed by atoms with Crippen LogP contribution < -0.4 is 14.8 Å². The predicted octanol–water partition coefficient (Wildman–Crippen LogP) is 2.93. The lowest BCUT2D eigenvalue weighted by molar-refractivity contribution is 0.0953. The Kier molecular flexibility index (Phi) is 7.85. The molecule has 1 N–H and O–H groups in total. The van der Waals surface area contributed by atoms with Crippen LogP contribution in [-0.4, -0.2) is 57.4 Å². The highest BCUT2D eigenvalue weighted by Crippen LogP contribution is 2.33. The number of benzene rings is 2. The van der Waals surface area contributed by atoms with E-state index in [2.05, 4.69) is 5.32 Å². The number of nitrogens with zero attached hydrogens (tertiary/aromatic N) is 1. The number of methoxy groups -OCH3 is 2. The molecule has 0 aromatic heterocycles. The number of fused-ring (bicyclic) bond motifs is 1. The molecule has 3 rings (SSSR count). The van der Waals surface area contributed by atoms with Gasteiger partial charge < -0.3 is 14.8 Å². The number of carbonyl (C=O) groups is 1. The highest BCUT2D eigenvalue weighted by molar-refractivity contribution is 7.99. The molecule has 31 heavy (non-hydrogen) atoms. The quantitative estimate of drug-likeness (QED) is 0.575. The number of rotatable bonds is 9. The van der Waals surface area contributed by atoms with E-state index in [0.29, 0.717) is 30.0 Å². The van der Waals surface area contributed by atoms with E-state index in [1.54, 1.807) is 38.1 Å². The molecule has 0 unspecified atom stereocenters. The zero-order chi connectivity index (χ0) is 22.4. The predicted molar refractivity (Wildman–Crippen MR) is 123 cm³/mol. The van der Waals surface area contributed by atoms with Gasteiger partial charge in [-0.05, 0) is 47.6 Å². The van der Waals surface area contributed by atoms with Gasteiger partial charge in [0, 0.05) is 24.5 Å². The van der Waals surface area contributed by atoms with Gasteiger partial charge in [0.15, 0.2) is 11.5 Å². The average molecular weight is 465 g/mol. The highest BCUT2D eigenvalue weighted by atomic mass is 32.2. The van der Waals surface area contributed by atoms with Gasteiger partial charge in [0.25, 0.3) is 5.91 Å². The lowest BCUT2D eigenvalue weighted by Crippen LogP contribution is -2.40. The molecule has 2 aromatic rings. The molecular formula is C22H28N2O5S2. The zero-order valence-corrected chi connectivity index (χ0v) is 19.6. The number of hydrogen-bond acceptors (Lipinski definition) is 6. The summed E-state index contributed by atoms with van der Waals surface area (Å²) in [6.07, 6.45) is 0.600. The van der Waals surface area contributed by atoms with Crippen molar-refractivity contribution in [1.29, 1.82) is 0 Å². The van der Waals surface area contributed by atoms with Crippen molar-refractivity contribution < 1.29 is 22.7 Å². The molecule has 0 saturated carbocycles. The van der Waals surface area contributed by atoms with Crippen LogP contribution in [-0.2, 0) is 23.0 Å². The van der Waals surface area contributed by atoms with Crippen LogP contribution in [0.3, 0.4) is 0 Å². The summed E-state index contributed by atoms with van der Waals surface area (Å²) in [5.41, 5.74) is 2.53. The third-order valence-electron chi connectivity index (χ3n) is 5.15. The molecule has 1 amide bonds. The molecule has 7 nitrogen and oxygen atoms in total. The van der Waals surface area contributed by atoms with Crippen molar-refractivity contribution in [2.75, 3.05) is 38.8 Å². The van der Waals surface area contributed by atoms with Gasteiger partial charge in [-0.15, -0.1) is 11.8 Å². The summed E-state index contributed by atoms with van der Waals surface area (Å²) in [6.45, 7) is 2.76. The number of carbonyl (C=O) groups excluding carboxylic acids is 1. The van der Waals surface area contributed by atoms with Gasteiger partial charge in [-0.25, -0.2) is 8.42 Å². The smallest absolute Gasteiger partial charge is 0.252 e. The number of hydrogen-bond donors (Lipinski definition) is 1. The number of amides is 1. The van der Waals surface area contributed by atoms with E-state index in [-0.39, 0.29) is 24.7 Å². The van der Waals surface area contributed by atoms with Crippen LogP contribution in [0.15, 0.2) is 41.3 Å². The summed E-state index contributed by atoms with van der Waals surface area (Å²) in [4.78, 5) is 13.4. The highest BCUT2D eigenvalue weighted by Gasteiger charge is 2.28. The van der Waals surface area contributed by atoms with Crippen molar-refractivity contribution in [3.63, 3.8) is 0 Å². The van der Waals surface area contributed by atoms with E-state index >= 15 is 0 Å². The third-order valence-corrected chi connectivity index (χ3v) is 7.93. The van der Waals surface area contributed by atoms with Crippen molar-refractivity contribution in [3.8, 4) is 11.5 Å². The Bertz CT molecular complexity index is 1040. The molecular weight excluding hydrogens is 436 g/mol. The maximum Gasteiger partial charge on any atom is 0.252 e. The first-order valence-corrected chi connectivity index (χ1v) is 12.7. The second kappa shape index (κ2) is 10.4. The average Bonchev–Trinajstić information content (AvgIpc) is 2.78. The molecule has 1 aliphatic rings. The van der Waals surface area contributed by atoms with Gasteiger partial charge in [-0.3, -0.25) is 4.79 Å². The Morgan fingerprint density at radius 2 is 1.81 bits per heavy atom. The van der Waals surface area contributed by atoms with Gasteiger partial charge in [-0.2, -0.15) is 4.31 Å². The second-order valence-electron chi connectivity index (χ2n) is 7.06. The van der Waals surface area contributed by atoms with Gasteiger partial charge in [0.1, 0.15) is 0 Å². The minimum atomic E-state index is -3.52. The Morgan fingerprint density at radius 3 is 2.48 bits per heavy atom. The number of thioether (sulfide) groups is 1. The lowest BCUT2D eigenvalue weighted by Gasteiger charge is -2.29. The van der Waals surface area contributed by atoms with E-state index in [0.717, 1.165) is 21.8 Å². The fraction of sp³-hybridized carbons (Fsp3) is 0.409. The summed E-state index contributed by atoms with van der Waals surface area (Å²) in [6, 6.07) is 11.1. The van der Waals surface area contributed by atoms with Crippen molar-refractivity contribution >= 4 is 27.7 Å². The van der Waals surface area contributed by atoms with E-state index in [1.165, 1.54) is 4.31 Å². The van der Waals surface area contributed by atoms with Gasteiger partial charge >= 0.3 is 0 Å². The maximum absolute atomic E-state index is 12.9. The topological polar surface area (TPSA) is 84.9 Å². The van der Waals surface area contributed by atoms with Crippen LogP contribution in [0.2, 0.25) is 0 Å². The molecule has 1 aliphatic heterocycles. The van der Waals surface area contributed by atoms with E-state index < -0.39 is 10.0 Å². The van der Waals surface area contributed by atoms with Crippen LogP contribution in [0.4, 0.5) is 0 Å². The lowest BCUT2D eigenvalue weighted by atomic mass is 10.0. The van der Waals surface area contributed by atoms with Gasteiger partial charge in [0.05, 0.1) is 25.5 Å². The molecule has 0 saturated heterocycles. The van der Waals surface area contributed by atoms with Gasteiger partial charge in [-0.1, -0.05) is 19.1 Å². The number of ether oxygens (including phenoxy) is 2. The molecule has 0 radical (unpaired) electrons. The molecule has 1 heterocycles. The molecule has 0 fully saturated rings. The first kappa shape index (κ1) is 23.4. The minimum Gasteiger partial charge on any atom is -0.493 e. The van der Waals surface area contributed by atoms with Crippen molar-refractivity contribution in [2.24, 2.45) is 0 Å². The van der Waals surface area contributed by atoms with Crippen LogP contribution in [0.25, 0.3) is 0 Å². The molecule has 168 valence electrons. The largest absolute Gasteiger partial charge is 0.493 e. The molecule has 0 atom stereocenters.